The number of nitrogens with zero attached hydrogens (tertiary/aromatic N) is 2. The van der Waals surface area contributed by atoms with Gasteiger partial charge < -0.3 is 15.2 Å². The van der Waals surface area contributed by atoms with Crippen LogP contribution in [0.15, 0.2) is 48.8 Å². The summed E-state index contributed by atoms with van der Waals surface area (Å²) >= 11 is 0. The molecule has 0 fully saturated rings. The Morgan fingerprint density at radius 2 is 2.00 bits per heavy atom. The summed E-state index contributed by atoms with van der Waals surface area (Å²) in [6.07, 6.45) is 3.71. The predicted molar refractivity (Wildman–Crippen MR) is 66.7 cm³/mol. The lowest BCUT2D eigenvalue weighted by molar-refractivity contribution is 0.477. The number of nitrogens with two attached hydrogens (primary N) is 1. The van der Waals surface area contributed by atoms with E-state index >= 15 is 0 Å². The first kappa shape index (κ1) is 9.72. The van der Waals surface area contributed by atoms with Crippen molar-refractivity contribution in [1.29, 1.82) is 0 Å². The molecule has 0 amide bonds. The minimum Gasteiger partial charge on any atom is -0.507 e. The molecule has 3 rings (SSSR count). The number of aromatic hydroxyl groups is 1. The molecule has 3 aromatic rings. The average molecular weight is 225 g/mol. The first-order valence-corrected chi connectivity index (χ1v) is 5.26. The molecule has 4 heteroatoms. The highest BCUT2D eigenvalue weighted by Gasteiger charge is 2.07. The molecule has 1 aromatic carbocycles. The second-order valence-corrected chi connectivity index (χ2v) is 3.87. The van der Waals surface area contributed by atoms with E-state index in [0.29, 0.717) is 5.69 Å². The molecule has 0 saturated carbocycles. The van der Waals surface area contributed by atoms with E-state index in [1.54, 1.807) is 18.2 Å². The molecule has 0 spiro atoms. The van der Waals surface area contributed by atoms with Gasteiger partial charge in [-0.2, -0.15) is 0 Å². The fraction of sp³-hybridized carbons (Fsp3) is 0. The van der Waals surface area contributed by atoms with Crippen molar-refractivity contribution in [2.24, 2.45) is 0 Å². The second-order valence-electron chi connectivity index (χ2n) is 3.87. The van der Waals surface area contributed by atoms with Gasteiger partial charge in [0.2, 0.25) is 0 Å². The summed E-state index contributed by atoms with van der Waals surface area (Å²) in [5.74, 6) is 0.226. The van der Waals surface area contributed by atoms with Gasteiger partial charge in [0.25, 0.3) is 0 Å². The minimum atomic E-state index is 0.226. The number of hydrogen-bond acceptors (Lipinski definition) is 3. The van der Waals surface area contributed by atoms with Crippen molar-refractivity contribution in [3.05, 3.63) is 48.8 Å². The lowest BCUT2D eigenvalue weighted by Crippen LogP contribution is -1.87. The van der Waals surface area contributed by atoms with E-state index in [0.717, 1.165) is 16.9 Å². The molecule has 4 nitrogen and oxygen atoms in total. The molecular formula is C13H11N3O. The van der Waals surface area contributed by atoms with Gasteiger partial charge >= 0.3 is 0 Å². The van der Waals surface area contributed by atoms with Crippen LogP contribution < -0.4 is 5.73 Å². The van der Waals surface area contributed by atoms with Crippen LogP contribution in [-0.4, -0.2) is 14.5 Å². The highest BCUT2D eigenvalue weighted by atomic mass is 16.3. The van der Waals surface area contributed by atoms with E-state index in [1.807, 2.05) is 35.0 Å². The topological polar surface area (TPSA) is 63.5 Å². The number of nitrogen functional groups attached to an aromatic ring is 1. The van der Waals surface area contributed by atoms with Crippen LogP contribution in [0.1, 0.15) is 0 Å². The molecule has 0 aliphatic carbocycles. The first-order chi connectivity index (χ1) is 8.24. The summed E-state index contributed by atoms with van der Waals surface area (Å²) in [6.45, 7) is 0. The Morgan fingerprint density at radius 3 is 2.82 bits per heavy atom. The highest BCUT2D eigenvalue weighted by Crippen LogP contribution is 2.28. The third-order valence-corrected chi connectivity index (χ3v) is 2.66. The lowest BCUT2D eigenvalue weighted by Gasteiger charge is -1.98. The molecule has 0 radical (unpaired) electrons. The van der Waals surface area contributed by atoms with Gasteiger partial charge in [-0.25, -0.2) is 4.98 Å². The van der Waals surface area contributed by atoms with Gasteiger partial charge in [0.05, 0.1) is 5.69 Å². The van der Waals surface area contributed by atoms with Crippen LogP contribution in [-0.2, 0) is 0 Å². The fourth-order valence-electron chi connectivity index (χ4n) is 1.82. The molecule has 0 unspecified atom stereocenters. The lowest BCUT2D eigenvalue weighted by atomic mass is 10.1. The third-order valence-electron chi connectivity index (χ3n) is 2.66. The molecule has 84 valence electrons. The number of phenolic OH excluding ortho intramolecular Hbond substituents is 1. The number of para-hydroxylation sites is 1. The summed E-state index contributed by atoms with van der Waals surface area (Å²) in [5.41, 5.74) is 8.59. The number of benzene rings is 1. The fourth-order valence-corrected chi connectivity index (χ4v) is 1.82. The smallest absolute Gasteiger partial charge is 0.139 e. The van der Waals surface area contributed by atoms with Crippen LogP contribution in [0, 0.1) is 0 Å². The van der Waals surface area contributed by atoms with Gasteiger partial charge in [-0.3, -0.25) is 0 Å². The maximum Gasteiger partial charge on any atom is 0.139 e. The van der Waals surface area contributed by atoms with Gasteiger partial charge in [0, 0.05) is 29.7 Å². The Labute approximate surface area is 98.0 Å². The number of fused-ring (bicyclic) bond motifs is 1. The number of aromatic nitrogens is 2. The predicted octanol–water partition coefficient (Wildman–Crippen LogP) is 2.29. The van der Waals surface area contributed by atoms with Crippen molar-refractivity contribution in [1.82, 2.24) is 9.38 Å². The molecule has 0 saturated heterocycles. The summed E-state index contributed by atoms with van der Waals surface area (Å²) in [4.78, 5) is 4.43. The molecular weight excluding hydrogens is 214 g/mol. The van der Waals surface area contributed by atoms with Gasteiger partial charge in [-0.1, -0.05) is 12.1 Å². The van der Waals surface area contributed by atoms with Gasteiger partial charge in [0.1, 0.15) is 11.4 Å². The zero-order valence-electron chi connectivity index (χ0n) is 9.04. The number of hydrogen-bond donors (Lipinski definition) is 2. The minimum absolute atomic E-state index is 0.226. The Bertz CT molecular complexity index is 688. The van der Waals surface area contributed by atoms with Crippen LogP contribution in [0.3, 0.4) is 0 Å². The summed E-state index contributed by atoms with van der Waals surface area (Å²) in [6, 6.07) is 10.7. The summed E-state index contributed by atoms with van der Waals surface area (Å²) in [7, 11) is 0. The molecule has 2 heterocycles. The first-order valence-electron chi connectivity index (χ1n) is 5.26. The van der Waals surface area contributed by atoms with Gasteiger partial charge in [-0.15, -0.1) is 0 Å². The van der Waals surface area contributed by atoms with Gasteiger partial charge in [0.15, 0.2) is 0 Å². The van der Waals surface area contributed by atoms with E-state index in [-0.39, 0.29) is 5.75 Å². The quantitative estimate of drug-likeness (QED) is 0.667. The Balaban J connectivity index is 2.22. The normalized spacial score (nSPS) is 10.8. The Kier molecular flexibility index (Phi) is 2.01. The monoisotopic (exact) mass is 225 g/mol. The van der Waals surface area contributed by atoms with E-state index in [9.17, 15) is 5.11 Å². The van der Waals surface area contributed by atoms with E-state index in [1.165, 1.54) is 0 Å². The van der Waals surface area contributed by atoms with Crippen LogP contribution in [0.4, 0.5) is 5.69 Å². The van der Waals surface area contributed by atoms with E-state index in [2.05, 4.69) is 4.98 Å². The molecule has 0 bridgehead atoms. The molecule has 0 atom stereocenters. The maximum atomic E-state index is 9.77. The molecule has 3 N–H and O–H groups in total. The summed E-state index contributed by atoms with van der Waals surface area (Å²) in [5, 5.41) is 9.77. The number of pyridine rings is 1. The largest absolute Gasteiger partial charge is 0.507 e. The number of phenols is 1. The van der Waals surface area contributed by atoms with Crippen LogP contribution in [0.25, 0.3) is 16.9 Å². The van der Waals surface area contributed by atoms with Crippen molar-refractivity contribution in [3.8, 4) is 17.0 Å². The standard InChI is InChI=1S/C13H11N3O/c14-9-5-6-16-8-11(15-13(16)7-9)10-3-1-2-4-12(10)17/h1-8,17H,14H2. The number of imidazole rings is 1. The van der Waals surface area contributed by atoms with Crippen molar-refractivity contribution in [2.45, 2.75) is 0 Å². The van der Waals surface area contributed by atoms with E-state index in [4.69, 9.17) is 5.73 Å². The molecule has 0 aliphatic rings. The van der Waals surface area contributed by atoms with Gasteiger partial charge in [-0.05, 0) is 18.2 Å². The number of anilines is 1. The molecule has 2 aromatic heterocycles. The van der Waals surface area contributed by atoms with Crippen molar-refractivity contribution >= 4 is 11.3 Å². The summed E-state index contributed by atoms with van der Waals surface area (Å²) < 4.78 is 1.87. The maximum absolute atomic E-state index is 9.77. The van der Waals surface area contributed by atoms with Crippen molar-refractivity contribution in [2.75, 3.05) is 5.73 Å². The van der Waals surface area contributed by atoms with Crippen LogP contribution >= 0.6 is 0 Å². The van der Waals surface area contributed by atoms with Crippen molar-refractivity contribution in [3.63, 3.8) is 0 Å². The Hall–Kier alpha value is -2.49. The van der Waals surface area contributed by atoms with Crippen molar-refractivity contribution < 1.29 is 5.11 Å². The SMILES string of the molecule is Nc1ccn2cc(-c3ccccc3O)nc2c1. The Morgan fingerprint density at radius 1 is 1.18 bits per heavy atom. The second kappa shape index (κ2) is 3.52. The van der Waals surface area contributed by atoms with E-state index < -0.39 is 0 Å². The molecule has 0 aliphatic heterocycles. The van der Waals surface area contributed by atoms with Crippen LogP contribution in [0.2, 0.25) is 0 Å². The number of rotatable bonds is 1. The average Bonchev–Trinajstić information content (AvgIpc) is 2.72. The highest BCUT2D eigenvalue weighted by molar-refractivity contribution is 5.69. The third kappa shape index (κ3) is 1.59. The van der Waals surface area contributed by atoms with Crippen LogP contribution in [0.5, 0.6) is 5.75 Å². The molecule has 17 heavy (non-hydrogen) atoms. The zero-order chi connectivity index (χ0) is 11.8. The zero-order valence-corrected chi connectivity index (χ0v) is 9.04.